The van der Waals surface area contributed by atoms with Crippen LogP contribution in [0.1, 0.15) is 5.56 Å². The molecule has 29 heavy (non-hydrogen) atoms. The molecule has 0 aliphatic heterocycles. The summed E-state index contributed by atoms with van der Waals surface area (Å²) >= 11 is 1.08. The van der Waals surface area contributed by atoms with Crippen molar-refractivity contribution in [2.75, 3.05) is 11.8 Å². The zero-order chi connectivity index (χ0) is 20.6. The van der Waals surface area contributed by atoms with Crippen LogP contribution in [0.3, 0.4) is 0 Å². The maximum atomic E-state index is 14.2. The Kier molecular flexibility index (Phi) is 4.89. The van der Waals surface area contributed by atoms with Crippen molar-refractivity contribution in [3.8, 4) is 17.0 Å². The summed E-state index contributed by atoms with van der Waals surface area (Å²) in [6.07, 6.45) is 1.55. The molecule has 0 bridgehead atoms. The molecule has 2 aromatic heterocycles. The second kappa shape index (κ2) is 7.37. The Hall–Kier alpha value is -3.11. The minimum Gasteiger partial charge on any atom is -0.496 e. The summed E-state index contributed by atoms with van der Waals surface area (Å²) < 4.78 is 47.2. The van der Waals surface area contributed by atoms with E-state index < -0.39 is 10.0 Å². The maximum absolute atomic E-state index is 14.2. The van der Waals surface area contributed by atoms with Crippen molar-refractivity contribution >= 4 is 37.3 Å². The second-order valence-electron chi connectivity index (χ2n) is 6.19. The predicted octanol–water partition coefficient (Wildman–Crippen LogP) is 4.01. The Bertz CT molecular complexity index is 1310. The van der Waals surface area contributed by atoms with Gasteiger partial charge in [0.2, 0.25) is 5.13 Å². The van der Waals surface area contributed by atoms with E-state index in [1.54, 1.807) is 31.3 Å². The second-order valence-corrected chi connectivity index (χ2v) is 8.71. The normalized spacial score (nSPS) is 11.6. The summed E-state index contributed by atoms with van der Waals surface area (Å²) in [5.41, 5.74) is 2.88. The van der Waals surface area contributed by atoms with E-state index in [-0.39, 0.29) is 15.8 Å². The van der Waals surface area contributed by atoms with Gasteiger partial charge in [-0.15, -0.1) is 10.2 Å². The molecule has 4 aromatic rings. The Balaban J connectivity index is 1.83. The highest BCUT2D eigenvalue weighted by atomic mass is 32.2. The number of sulfonamides is 1. The van der Waals surface area contributed by atoms with Gasteiger partial charge in [-0.25, -0.2) is 12.8 Å². The van der Waals surface area contributed by atoms with E-state index in [4.69, 9.17) is 4.74 Å². The van der Waals surface area contributed by atoms with Gasteiger partial charge in [-0.05, 0) is 48.2 Å². The van der Waals surface area contributed by atoms with Gasteiger partial charge >= 0.3 is 0 Å². The molecule has 0 amide bonds. The molecule has 2 heterocycles. The molecule has 0 fully saturated rings. The van der Waals surface area contributed by atoms with Crippen molar-refractivity contribution in [3.63, 3.8) is 0 Å². The van der Waals surface area contributed by atoms with E-state index in [2.05, 4.69) is 19.9 Å². The topological polar surface area (TPSA) is 94.1 Å². The standard InChI is InChI=1S/C19H15FN4O3S2/c1-11-7-17(27-2)15(9-16(11)20)18-14-4-3-13(8-12(14)5-6-21-18)29(25,26)24-19-23-22-10-28-19/h3-10H,1-2H3,(H,23,24). The van der Waals surface area contributed by atoms with Gasteiger partial charge in [0.15, 0.2) is 0 Å². The average Bonchev–Trinajstić information content (AvgIpc) is 3.21. The number of methoxy groups -OCH3 is 1. The molecular formula is C19H15FN4O3S2. The number of fused-ring (bicyclic) bond motifs is 1. The lowest BCUT2D eigenvalue weighted by Gasteiger charge is -2.13. The molecule has 2 aromatic carbocycles. The molecule has 1 N–H and O–H groups in total. The van der Waals surface area contributed by atoms with E-state index >= 15 is 0 Å². The predicted molar refractivity (Wildman–Crippen MR) is 109 cm³/mol. The van der Waals surface area contributed by atoms with Crippen LogP contribution < -0.4 is 9.46 Å². The summed E-state index contributed by atoms with van der Waals surface area (Å²) in [5, 5.41) is 8.80. The first-order chi connectivity index (χ1) is 13.9. The van der Waals surface area contributed by atoms with E-state index in [0.717, 1.165) is 11.3 Å². The maximum Gasteiger partial charge on any atom is 0.263 e. The highest BCUT2D eigenvalue weighted by molar-refractivity contribution is 7.93. The Morgan fingerprint density at radius 1 is 1.17 bits per heavy atom. The number of nitrogens with zero attached hydrogens (tertiary/aromatic N) is 3. The molecule has 0 radical (unpaired) electrons. The molecule has 10 heteroatoms. The van der Waals surface area contributed by atoms with Crippen molar-refractivity contribution in [1.82, 2.24) is 15.2 Å². The highest BCUT2D eigenvalue weighted by Gasteiger charge is 2.19. The average molecular weight is 430 g/mol. The van der Waals surface area contributed by atoms with Crippen molar-refractivity contribution in [3.05, 3.63) is 59.5 Å². The van der Waals surface area contributed by atoms with Crippen LogP contribution >= 0.6 is 11.3 Å². The summed E-state index contributed by atoms with van der Waals surface area (Å²) in [6, 6.07) is 9.31. The highest BCUT2D eigenvalue weighted by Crippen LogP contribution is 2.35. The quantitative estimate of drug-likeness (QED) is 0.514. The molecule has 7 nitrogen and oxygen atoms in total. The van der Waals surface area contributed by atoms with Crippen LogP contribution in [0.2, 0.25) is 0 Å². The van der Waals surface area contributed by atoms with Crippen LogP contribution in [0.15, 0.2) is 53.0 Å². The summed E-state index contributed by atoms with van der Waals surface area (Å²) in [4.78, 5) is 4.45. The molecule has 0 atom stereocenters. The number of halogens is 1. The van der Waals surface area contributed by atoms with Crippen molar-refractivity contribution in [2.24, 2.45) is 0 Å². The molecule has 0 saturated carbocycles. The van der Waals surface area contributed by atoms with Gasteiger partial charge in [-0.1, -0.05) is 17.4 Å². The molecule has 0 saturated heterocycles. The number of nitrogens with one attached hydrogen (secondary N) is 1. The summed E-state index contributed by atoms with van der Waals surface area (Å²) in [6.45, 7) is 1.65. The minimum atomic E-state index is -3.82. The van der Waals surface area contributed by atoms with Crippen LogP contribution in [-0.2, 0) is 10.0 Å². The number of aromatic nitrogens is 3. The zero-order valence-electron chi connectivity index (χ0n) is 15.4. The largest absolute Gasteiger partial charge is 0.496 e. The Morgan fingerprint density at radius 2 is 2.00 bits per heavy atom. The third-order valence-electron chi connectivity index (χ3n) is 4.36. The number of ether oxygens (including phenoxy) is 1. The van der Waals surface area contributed by atoms with E-state index in [1.165, 1.54) is 30.8 Å². The third-order valence-corrected chi connectivity index (χ3v) is 6.44. The molecule has 0 aliphatic carbocycles. The van der Waals surface area contributed by atoms with Crippen molar-refractivity contribution in [2.45, 2.75) is 11.8 Å². The Morgan fingerprint density at radius 3 is 2.72 bits per heavy atom. The fraction of sp³-hybridized carbons (Fsp3) is 0.105. The minimum absolute atomic E-state index is 0.0689. The van der Waals surface area contributed by atoms with Crippen LogP contribution in [0.5, 0.6) is 5.75 Å². The zero-order valence-corrected chi connectivity index (χ0v) is 17.0. The van der Waals surface area contributed by atoms with Gasteiger partial charge in [0, 0.05) is 17.1 Å². The number of hydrogen-bond donors (Lipinski definition) is 1. The SMILES string of the molecule is COc1cc(C)c(F)cc1-c1nccc2cc(S(=O)(=O)Nc3nncs3)ccc12. The lowest BCUT2D eigenvalue weighted by molar-refractivity contribution is 0.415. The fourth-order valence-electron chi connectivity index (χ4n) is 2.94. The van der Waals surface area contributed by atoms with E-state index in [0.29, 0.717) is 33.3 Å². The number of hydrogen-bond acceptors (Lipinski definition) is 7. The number of rotatable bonds is 5. The first-order valence-electron chi connectivity index (χ1n) is 8.41. The van der Waals surface area contributed by atoms with Crippen LogP contribution in [0.4, 0.5) is 9.52 Å². The first-order valence-corrected chi connectivity index (χ1v) is 10.8. The van der Waals surface area contributed by atoms with Gasteiger partial charge in [0.25, 0.3) is 10.0 Å². The van der Waals surface area contributed by atoms with Crippen LogP contribution in [0.25, 0.3) is 22.0 Å². The number of aryl methyl sites for hydroxylation is 1. The lowest BCUT2D eigenvalue weighted by Crippen LogP contribution is -2.12. The van der Waals surface area contributed by atoms with Crippen LogP contribution in [0, 0.1) is 12.7 Å². The molecule has 148 valence electrons. The molecule has 0 spiro atoms. The van der Waals surface area contributed by atoms with Gasteiger partial charge in [-0.2, -0.15) is 0 Å². The van der Waals surface area contributed by atoms with Gasteiger partial charge < -0.3 is 4.74 Å². The molecule has 0 unspecified atom stereocenters. The third kappa shape index (κ3) is 3.64. The van der Waals surface area contributed by atoms with E-state index in [1.807, 2.05) is 0 Å². The Labute approximate surface area is 170 Å². The number of anilines is 1. The molecule has 4 rings (SSSR count). The summed E-state index contributed by atoms with van der Waals surface area (Å²) in [5.74, 6) is 0.110. The van der Waals surface area contributed by atoms with Gasteiger partial charge in [0.1, 0.15) is 17.1 Å². The first kappa shape index (κ1) is 19.2. The van der Waals surface area contributed by atoms with Crippen molar-refractivity contribution < 1.29 is 17.5 Å². The lowest BCUT2D eigenvalue weighted by atomic mass is 10.0. The number of pyridine rings is 1. The van der Waals surface area contributed by atoms with Crippen molar-refractivity contribution in [1.29, 1.82) is 0 Å². The smallest absolute Gasteiger partial charge is 0.263 e. The summed E-state index contributed by atoms with van der Waals surface area (Å²) in [7, 11) is -2.32. The van der Waals surface area contributed by atoms with E-state index in [9.17, 15) is 12.8 Å². The number of benzene rings is 2. The molecular weight excluding hydrogens is 415 g/mol. The van der Waals surface area contributed by atoms with Gasteiger partial charge in [0.05, 0.1) is 17.7 Å². The monoisotopic (exact) mass is 430 g/mol. The van der Waals surface area contributed by atoms with Gasteiger partial charge in [-0.3, -0.25) is 9.71 Å². The fourth-order valence-corrected chi connectivity index (χ4v) is 4.67. The molecule has 0 aliphatic rings. The van der Waals surface area contributed by atoms with Crippen LogP contribution in [-0.4, -0.2) is 30.7 Å².